The number of nitrogens with one attached hydrogen (secondary N) is 1. The minimum atomic E-state index is -0.403. The summed E-state index contributed by atoms with van der Waals surface area (Å²) in [4.78, 5) is 29.2. The van der Waals surface area contributed by atoms with E-state index >= 15 is 0 Å². The Morgan fingerprint density at radius 1 is 1.18 bits per heavy atom. The highest BCUT2D eigenvalue weighted by molar-refractivity contribution is 6.30. The topological polar surface area (TPSA) is 81.8 Å². The van der Waals surface area contributed by atoms with Gasteiger partial charge in [-0.15, -0.1) is 0 Å². The molecular formula is C19H13ClFN5O2. The van der Waals surface area contributed by atoms with Crippen molar-refractivity contribution in [3.63, 3.8) is 0 Å². The monoisotopic (exact) mass is 397 g/mol. The average molecular weight is 398 g/mol. The Morgan fingerprint density at radius 3 is 2.71 bits per heavy atom. The molecule has 0 aliphatic heterocycles. The number of fused-ring (bicyclic) bond motifs is 1. The van der Waals surface area contributed by atoms with E-state index in [0.717, 1.165) is 0 Å². The maximum atomic E-state index is 13.1. The molecule has 0 fully saturated rings. The summed E-state index contributed by atoms with van der Waals surface area (Å²) in [7, 11) is 0. The highest BCUT2D eigenvalue weighted by Gasteiger charge is 2.13. The van der Waals surface area contributed by atoms with Crippen LogP contribution in [0.1, 0.15) is 0 Å². The number of amides is 1. The Labute approximate surface area is 163 Å². The van der Waals surface area contributed by atoms with Crippen molar-refractivity contribution in [2.24, 2.45) is 0 Å². The molecule has 2 heterocycles. The predicted molar refractivity (Wildman–Crippen MR) is 103 cm³/mol. The Bertz CT molecular complexity index is 1230. The van der Waals surface area contributed by atoms with Crippen LogP contribution in [0.5, 0.6) is 0 Å². The second kappa shape index (κ2) is 7.24. The second-order valence-corrected chi connectivity index (χ2v) is 6.44. The fourth-order valence-corrected chi connectivity index (χ4v) is 2.94. The maximum Gasteiger partial charge on any atom is 0.264 e. The van der Waals surface area contributed by atoms with Gasteiger partial charge in [0.1, 0.15) is 24.1 Å². The van der Waals surface area contributed by atoms with Crippen molar-refractivity contribution >= 4 is 34.2 Å². The first kappa shape index (κ1) is 17.9. The zero-order chi connectivity index (χ0) is 19.7. The lowest BCUT2D eigenvalue weighted by Crippen LogP contribution is -2.27. The van der Waals surface area contributed by atoms with Gasteiger partial charge in [0, 0.05) is 10.7 Å². The molecule has 0 unspecified atom stereocenters. The van der Waals surface area contributed by atoms with E-state index in [-0.39, 0.29) is 17.7 Å². The number of carbonyl (C=O) groups excluding carboxylic acids is 1. The standard InChI is InChI=1S/C19H13ClFN5O2/c20-12-2-1-3-14(8-12)24-17(27)10-25-11-22-18-16(19(25)28)9-23-26(18)15-6-4-13(21)5-7-15/h1-9,11H,10H2,(H,24,27). The van der Waals surface area contributed by atoms with Crippen LogP contribution in [0.4, 0.5) is 10.1 Å². The van der Waals surface area contributed by atoms with E-state index in [9.17, 15) is 14.0 Å². The number of nitrogens with zero attached hydrogens (tertiary/aromatic N) is 4. The van der Waals surface area contributed by atoms with Gasteiger partial charge in [0.15, 0.2) is 5.65 Å². The van der Waals surface area contributed by atoms with E-state index in [1.54, 1.807) is 24.3 Å². The summed E-state index contributed by atoms with van der Waals surface area (Å²) in [6, 6.07) is 12.4. The highest BCUT2D eigenvalue weighted by Crippen LogP contribution is 2.16. The fourth-order valence-electron chi connectivity index (χ4n) is 2.75. The summed E-state index contributed by atoms with van der Waals surface area (Å²) in [5.41, 5.74) is 1.02. The summed E-state index contributed by atoms with van der Waals surface area (Å²) >= 11 is 5.89. The molecular weight excluding hydrogens is 385 g/mol. The number of halogens is 2. The number of rotatable bonds is 4. The van der Waals surface area contributed by atoms with Crippen LogP contribution >= 0.6 is 11.6 Å². The van der Waals surface area contributed by atoms with Crippen molar-refractivity contribution in [3.05, 3.63) is 82.2 Å². The minimum absolute atomic E-state index is 0.212. The zero-order valence-electron chi connectivity index (χ0n) is 14.3. The quantitative estimate of drug-likeness (QED) is 0.574. The van der Waals surface area contributed by atoms with E-state index in [0.29, 0.717) is 22.0 Å². The van der Waals surface area contributed by atoms with Crippen LogP contribution in [0, 0.1) is 5.82 Å². The molecule has 0 atom stereocenters. The van der Waals surface area contributed by atoms with Gasteiger partial charge in [0.25, 0.3) is 5.56 Å². The van der Waals surface area contributed by atoms with E-state index < -0.39 is 11.5 Å². The first-order chi connectivity index (χ1) is 13.5. The molecule has 4 rings (SSSR count). The molecule has 0 aliphatic rings. The van der Waals surface area contributed by atoms with Gasteiger partial charge in [0.05, 0.1) is 11.9 Å². The third-order valence-electron chi connectivity index (χ3n) is 4.05. The summed E-state index contributed by atoms with van der Waals surface area (Å²) in [6.07, 6.45) is 2.66. The van der Waals surface area contributed by atoms with Gasteiger partial charge in [-0.2, -0.15) is 5.10 Å². The van der Waals surface area contributed by atoms with E-state index in [1.165, 1.54) is 46.0 Å². The van der Waals surface area contributed by atoms with E-state index in [2.05, 4.69) is 15.4 Å². The average Bonchev–Trinajstić information content (AvgIpc) is 3.09. The molecule has 7 nitrogen and oxygen atoms in total. The van der Waals surface area contributed by atoms with E-state index in [1.807, 2.05) is 0 Å². The van der Waals surface area contributed by atoms with Gasteiger partial charge in [-0.1, -0.05) is 17.7 Å². The number of aromatic nitrogens is 4. The Morgan fingerprint density at radius 2 is 1.96 bits per heavy atom. The van der Waals surface area contributed by atoms with Crippen molar-refractivity contribution in [2.75, 3.05) is 5.32 Å². The van der Waals surface area contributed by atoms with E-state index in [4.69, 9.17) is 11.6 Å². The highest BCUT2D eigenvalue weighted by atomic mass is 35.5. The molecule has 140 valence electrons. The molecule has 2 aromatic heterocycles. The molecule has 4 aromatic rings. The van der Waals surface area contributed by atoms with Gasteiger partial charge >= 0.3 is 0 Å². The lowest BCUT2D eigenvalue weighted by molar-refractivity contribution is -0.116. The molecule has 1 N–H and O–H groups in total. The van der Waals surface area contributed by atoms with Crippen molar-refractivity contribution in [1.29, 1.82) is 0 Å². The number of anilines is 1. The molecule has 28 heavy (non-hydrogen) atoms. The number of hydrogen-bond donors (Lipinski definition) is 1. The fraction of sp³-hybridized carbons (Fsp3) is 0.0526. The molecule has 0 radical (unpaired) electrons. The summed E-state index contributed by atoms with van der Waals surface area (Å²) in [6.45, 7) is -0.212. The molecule has 9 heteroatoms. The Balaban J connectivity index is 1.61. The van der Waals surface area contributed by atoms with Gasteiger partial charge < -0.3 is 5.32 Å². The van der Waals surface area contributed by atoms with Crippen LogP contribution in [0.3, 0.4) is 0 Å². The number of hydrogen-bond acceptors (Lipinski definition) is 4. The first-order valence-corrected chi connectivity index (χ1v) is 8.63. The largest absolute Gasteiger partial charge is 0.324 e. The molecule has 0 spiro atoms. The van der Waals surface area contributed by atoms with Crippen molar-refractivity contribution in [2.45, 2.75) is 6.54 Å². The van der Waals surface area contributed by atoms with Crippen molar-refractivity contribution < 1.29 is 9.18 Å². The van der Waals surface area contributed by atoms with Crippen molar-refractivity contribution in [1.82, 2.24) is 19.3 Å². The van der Waals surface area contributed by atoms with Crippen LogP contribution in [-0.4, -0.2) is 25.2 Å². The van der Waals surface area contributed by atoms with Gasteiger partial charge in [-0.05, 0) is 42.5 Å². The smallest absolute Gasteiger partial charge is 0.264 e. The van der Waals surface area contributed by atoms with Gasteiger partial charge in [-0.25, -0.2) is 14.1 Å². The lowest BCUT2D eigenvalue weighted by Gasteiger charge is -2.08. The second-order valence-electron chi connectivity index (χ2n) is 6.01. The Hall–Kier alpha value is -3.52. The Kier molecular flexibility index (Phi) is 4.62. The lowest BCUT2D eigenvalue weighted by atomic mass is 10.3. The van der Waals surface area contributed by atoms with Crippen LogP contribution in [0.25, 0.3) is 16.7 Å². The molecule has 1 amide bonds. The first-order valence-electron chi connectivity index (χ1n) is 8.26. The maximum absolute atomic E-state index is 13.1. The number of carbonyl (C=O) groups is 1. The van der Waals surface area contributed by atoms with Crippen LogP contribution in [0.2, 0.25) is 5.02 Å². The molecule has 0 bridgehead atoms. The third-order valence-corrected chi connectivity index (χ3v) is 4.28. The van der Waals surface area contributed by atoms with Crippen LogP contribution in [-0.2, 0) is 11.3 Å². The van der Waals surface area contributed by atoms with Gasteiger partial charge in [0.2, 0.25) is 5.91 Å². The summed E-state index contributed by atoms with van der Waals surface area (Å²) in [5, 5.41) is 7.58. The molecule has 0 saturated carbocycles. The van der Waals surface area contributed by atoms with Crippen molar-refractivity contribution in [3.8, 4) is 5.69 Å². The SMILES string of the molecule is O=C(Cn1cnc2c(cnn2-c2ccc(F)cc2)c1=O)Nc1cccc(Cl)c1. The number of benzene rings is 2. The van der Waals surface area contributed by atoms with Crippen LogP contribution < -0.4 is 10.9 Å². The summed E-state index contributed by atoms with van der Waals surface area (Å²) in [5.74, 6) is -0.766. The molecule has 0 saturated heterocycles. The normalized spacial score (nSPS) is 10.9. The zero-order valence-corrected chi connectivity index (χ0v) is 15.1. The molecule has 2 aromatic carbocycles. The van der Waals surface area contributed by atoms with Gasteiger partial charge in [-0.3, -0.25) is 14.2 Å². The minimum Gasteiger partial charge on any atom is -0.324 e. The molecule has 0 aliphatic carbocycles. The third kappa shape index (κ3) is 3.49. The summed E-state index contributed by atoms with van der Waals surface area (Å²) < 4.78 is 15.7. The predicted octanol–water partition coefficient (Wildman–Crippen LogP) is 3.01. The van der Waals surface area contributed by atoms with Crippen LogP contribution in [0.15, 0.2) is 65.8 Å².